The molecule has 2 heterocycles. The first-order chi connectivity index (χ1) is 11.6. The lowest BCUT2D eigenvalue weighted by Crippen LogP contribution is -2.53. The van der Waals surface area contributed by atoms with Gasteiger partial charge in [-0.2, -0.15) is 0 Å². The van der Waals surface area contributed by atoms with Gasteiger partial charge in [0.15, 0.2) is 0 Å². The normalized spacial score (nSPS) is 17.7. The molecule has 1 aromatic carbocycles. The van der Waals surface area contributed by atoms with Crippen LogP contribution in [0.15, 0.2) is 51.9 Å². The predicted molar refractivity (Wildman–Crippen MR) is 90.7 cm³/mol. The first-order valence-corrected chi connectivity index (χ1v) is 7.87. The molecule has 126 valence electrons. The summed E-state index contributed by atoms with van der Waals surface area (Å²) in [7, 11) is 1.65. The molecule has 0 saturated carbocycles. The number of ether oxygens (including phenoxy) is 1. The van der Waals surface area contributed by atoms with Crippen LogP contribution >= 0.6 is 0 Å². The number of benzene rings is 1. The lowest BCUT2D eigenvalue weighted by atomic mass is 10.1. The average molecular weight is 328 g/mol. The van der Waals surface area contributed by atoms with Crippen molar-refractivity contribution in [3.05, 3.63) is 58.6 Å². The highest BCUT2D eigenvalue weighted by molar-refractivity contribution is 5.93. The van der Waals surface area contributed by atoms with E-state index in [1.165, 1.54) is 18.4 Å². The third kappa shape index (κ3) is 3.27. The van der Waals surface area contributed by atoms with Crippen molar-refractivity contribution in [1.82, 2.24) is 4.90 Å². The number of hydrogen-bond donors (Lipinski definition) is 0. The van der Waals surface area contributed by atoms with Crippen molar-refractivity contribution < 1.29 is 13.9 Å². The van der Waals surface area contributed by atoms with Gasteiger partial charge in [-0.05, 0) is 25.1 Å². The Morgan fingerprint density at radius 2 is 2.08 bits per heavy atom. The van der Waals surface area contributed by atoms with E-state index < -0.39 is 5.63 Å². The Labute approximate surface area is 140 Å². The van der Waals surface area contributed by atoms with Gasteiger partial charge in [0, 0.05) is 43.5 Å². The largest absolute Gasteiger partial charge is 0.497 e. The van der Waals surface area contributed by atoms with Crippen molar-refractivity contribution in [3.8, 4) is 5.75 Å². The molecule has 1 saturated heterocycles. The van der Waals surface area contributed by atoms with E-state index in [4.69, 9.17) is 9.15 Å². The van der Waals surface area contributed by atoms with Crippen LogP contribution in [0.1, 0.15) is 17.3 Å². The van der Waals surface area contributed by atoms with E-state index >= 15 is 0 Å². The number of rotatable bonds is 3. The minimum atomic E-state index is -0.456. The molecule has 0 unspecified atom stereocenters. The Morgan fingerprint density at radius 1 is 1.25 bits per heavy atom. The SMILES string of the molecule is COc1cccc(N2CCN(C(=O)c3ccc(=O)oc3)C[C@@H]2C)c1. The summed E-state index contributed by atoms with van der Waals surface area (Å²) >= 11 is 0. The number of carbonyl (C=O) groups is 1. The molecular formula is C18H20N2O4. The maximum atomic E-state index is 12.5. The van der Waals surface area contributed by atoms with Gasteiger partial charge in [0.1, 0.15) is 12.0 Å². The fraction of sp³-hybridized carbons (Fsp3) is 0.333. The van der Waals surface area contributed by atoms with Crippen LogP contribution in [0.2, 0.25) is 0 Å². The smallest absolute Gasteiger partial charge is 0.335 e. The third-order valence-electron chi connectivity index (χ3n) is 4.25. The summed E-state index contributed by atoms with van der Waals surface area (Å²) in [6.07, 6.45) is 1.23. The quantitative estimate of drug-likeness (QED) is 0.862. The molecule has 0 spiro atoms. The van der Waals surface area contributed by atoms with E-state index in [2.05, 4.69) is 11.8 Å². The summed E-state index contributed by atoms with van der Waals surface area (Å²) in [5.74, 6) is 0.702. The van der Waals surface area contributed by atoms with Crippen LogP contribution in [0.5, 0.6) is 5.75 Å². The molecule has 1 fully saturated rings. The molecule has 1 aliphatic heterocycles. The highest BCUT2D eigenvalue weighted by atomic mass is 16.5. The van der Waals surface area contributed by atoms with Crippen molar-refractivity contribution >= 4 is 11.6 Å². The van der Waals surface area contributed by atoms with Gasteiger partial charge < -0.3 is 19.0 Å². The van der Waals surface area contributed by atoms with Crippen LogP contribution in [0, 0.1) is 0 Å². The van der Waals surface area contributed by atoms with Crippen LogP contribution in [0.4, 0.5) is 5.69 Å². The lowest BCUT2D eigenvalue weighted by molar-refractivity contribution is 0.0723. The maximum Gasteiger partial charge on any atom is 0.335 e. The van der Waals surface area contributed by atoms with Gasteiger partial charge in [-0.3, -0.25) is 4.79 Å². The maximum absolute atomic E-state index is 12.5. The Morgan fingerprint density at radius 3 is 2.75 bits per heavy atom. The molecule has 0 N–H and O–H groups in total. The van der Waals surface area contributed by atoms with Crippen molar-refractivity contribution in [3.63, 3.8) is 0 Å². The molecule has 1 aliphatic rings. The first-order valence-electron chi connectivity index (χ1n) is 7.87. The molecule has 1 aromatic heterocycles. The number of methoxy groups -OCH3 is 1. The highest BCUT2D eigenvalue weighted by Gasteiger charge is 2.27. The van der Waals surface area contributed by atoms with Crippen LogP contribution in [0.3, 0.4) is 0 Å². The summed E-state index contributed by atoms with van der Waals surface area (Å²) in [5, 5.41) is 0. The standard InChI is InChI=1S/C18H20N2O4/c1-13-11-19(18(22)14-6-7-17(21)24-12-14)8-9-20(13)15-4-3-5-16(10-15)23-2/h3-7,10,12-13H,8-9,11H2,1-2H3/t13-/m0/s1. The number of hydrogen-bond acceptors (Lipinski definition) is 5. The second-order valence-electron chi connectivity index (χ2n) is 5.84. The molecule has 0 bridgehead atoms. The van der Waals surface area contributed by atoms with Crippen molar-refractivity contribution in [2.24, 2.45) is 0 Å². The zero-order valence-corrected chi connectivity index (χ0v) is 13.8. The molecular weight excluding hydrogens is 308 g/mol. The third-order valence-corrected chi connectivity index (χ3v) is 4.25. The van der Waals surface area contributed by atoms with E-state index in [1.807, 2.05) is 24.3 Å². The number of nitrogens with zero attached hydrogens (tertiary/aromatic N) is 2. The summed E-state index contributed by atoms with van der Waals surface area (Å²) < 4.78 is 10.1. The minimum Gasteiger partial charge on any atom is -0.497 e. The first kappa shape index (κ1) is 16.1. The van der Waals surface area contributed by atoms with Gasteiger partial charge in [0.25, 0.3) is 5.91 Å². The number of carbonyl (C=O) groups excluding carboxylic acids is 1. The Kier molecular flexibility index (Phi) is 4.55. The van der Waals surface area contributed by atoms with Crippen LogP contribution in [-0.4, -0.2) is 43.6 Å². The zero-order chi connectivity index (χ0) is 17.1. The van der Waals surface area contributed by atoms with Crippen LogP contribution in [0.25, 0.3) is 0 Å². The van der Waals surface area contributed by atoms with E-state index in [-0.39, 0.29) is 11.9 Å². The molecule has 0 radical (unpaired) electrons. The molecule has 6 nitrogen and oxygen atoms in total. The van der Waals surface area contributed by atoms with Gasteiger partial charge in [0.2, 0.25) is 0 Å². The summed E-state index contributed by atoms with van der Waals surface area (Å²) in [6, 6.07) is 10.9. The molecule has 6 heteroatoms. The van der Waals surface area contributed by atoms with Gasteiger partial charge >= 0.3 is 5.63 Å². The van der Waals surface area contributed by atoms with Crippen molar-refractivity contribution in [2.45, 2.75) is 13.0 Å². The predicted octanol–water partition coefficient (Wildman–Crippen LogP) is 2.00. The minimum absolute atomic E-state index is 0.115. The Balaban J connectivity index is 1.71. The number of piperazine rings is 1. The fourth-order valence-corrected chi connectivity index (χ4v) is 2.98. The van der Waals surface area contributed by atoms with E-state index in [9.17, 15) is 9.59 Å². The van der Waals surface area contributed by atoms with Gasteiger partial charge in [0.05, 0.1) is 12.7 Å². The second kappa shape index (κ2) is 6.78. The van der Waals surface area contributed by atoms with E-state index in [0.29, 0.717) is 18.7 Å². The molecule has 3 rings (SSSR count). The van der Waals surface area contributed by atoms with Crippen LogP contribution < -0.4 is 15.3 Å². The van der Waals surface area contributed by atoms with E-state index in [1.54, 1.807) is 12.0 Å². The molecule has 1 atom stereocenters. The topological polar surface area (TPSA) is 63.0 Å². The van der Waals surface area contributed by atoms with Crippen molar-refractivity contribution in [1.29, 1.82) is 0 Å². The monoisotopic (exact) mass is 328 g/mol. The highest BCUT2D eigenvalue weighted by Crippen LogP contribution is 2.25. The lowest BCUT2D eigenvalue weighted by Gasteiger charge is -2.41. The summed E-state index contributed by atoms with van der Waals surface area (Å²) in [4.78, 5) is 27.6. The van der Waals surface area contributed by atoms with Gasteiger partial charge in [-0.15, -0.1) is 0 Å². The van der Waals surface area contributed by atoms with E-state index in [0.717, 1.165) is 18.0 Å². The molecule has 1 amide bonds. The van der Waals surface area contributed by atoms with Crippen LogP contribution in [-0.2, 0) is 0 Å². The number of anilines is 1. The molecule has 24 heavy (non-hydrogen) atoms. The molecule has 0 aliphatic carbocycles. The average Bonchev–Trinajstić information content (AvgIpc) is 2.61. The summed E-state index contributed by atoms with van der Waals surface area (Å²) in [5.41, 5.74) is 1.03. The zero-order valence-electron chi connectivity index (χ0n) is 13.8. The van der Waals surface area contributed by atoms with Gasteiger partial charge in [-0.25, -0.2) is 4.79 Å². The van der Waals surface area contributed by atoms with Gasteiger partial charge in [-0.1, -0.05) is 6.07 Å². The molecule has 2 aromatic rings. The summed E-state index contributed by atoms with van der Waals surface area (Å²) in [6.45, 7) is 4.04. The second-order valence-corrected chi connectivity index (χ2v) is 5.84. The Hall–Kier alpha value is -2.76. The van der Waals surface area contributed by atoms with Crippen molar-refractivity contribution in [2.75, 3.05) is 31.6 Å². The number of amides is 1. The Bertz CT molecular complexity index is 766. The fourth-order valence-electron chi connectivity index (χ4n) is 2.98.